The van der Waals surface area contributed by atoms with Crippen molar-refractivity contribution >= 4 is 22.7 Å². The number of aromatic nitrogens is 2. The molecule has 3 rings (SSSR count). The van der Waals surface area contributed by atoms with E-state index in [1.165, 1.54) is 5.56 Å². The number of imidazole rings is 1. The number of nitrogens with zero attached hydrogens (tertiary/aromatic N) is 1. The SMILES string of the molecule is COc1ccccc1Nc1nc2ccc(C)cc2[nH]1. The molecule has 0 bridgehead atoms. The van der Waals surface area contributed by atoms with Crippen LogP contribution in [-0.2, 0) is 0 Å². The third-order valence-corrected chi connectivity index (χ3v) is 3.00. The Morgan fingerprint density at radius 3 is 2.84 bits per heavy atom. The largest absolute Gasteiger partial charge is 0.495 e. The number of para-hydroxylation sites is 2. The molecule has 0 radical (unpaired) electrons. The Morgan fingerprint density at radius 1 is 1.16 bits per heavy atom. The van der Waals surface area contributed by atoms with Crippen LogP contribution in [0.15, 0.2) is 42.5 Å². The maximum absolute atomic E-state index is 5.31. The number of hydrogen-bond acceptors (Lipinski definition) is 3. The van der Waals surface area contributed by atoms with E-state index in [9.17, 15) is 0 Å². The maximum Gasteiger partial charge on any atom is 0.205 e. The van der Waals surface area contributed by atoms with Crippen LogP contribution in [0.25, 0.3) is 11.0 Å². The molecule has 0 saturated carbocycles. The molecular weight excluding hydrogens is 238 g/mol. The second-order valence-corrected chi connectivity index (χ2v) is 4.43. The number of fused-ring (bicyclic) bond motifs is 1. The summed E-state index contributed by atoms with van der Waals surface area (Å²) in [7, 11) is 1.66. The molecule has 1 aromatic heterocycles. The van der Waals surface area contributed by atoms with E-state index < -0.39 is 0 Å². The van der Waals surface area contributed by atoms with Crippen LogP contribution in [0.4, 0.5) is 11.6 Å². The zero-order valence-electron chi connectivity index (χ0n) is 10.9. The van der Waals surface area contributed by atoms with Crippen molar-refractivity contribution in [3.63, 3.8) is 0 Å². The molecule has 19 heavy (non-hydrogen) atoms. The summed E-state index contributed by atoms with van der Waals surface area (Å²) in [5, 5.41) is 3.24. The van der Waals surface area contributed by atoms with E-state index >= 15 is 0 Å². The third kappa shape index (κ3) is 2.25. The number of ether oxygens (including phenoxy) is 1. The fraction of sp³-hybridized carbons (Fsp3) is 0.133. The summed E-state index contributed by atoms with van der Waals surface area (Å²) in [4.78, 5) is 7.76. The van der Waals surface area contributed by atoms with Gasteiger partial charge in [-0.1, -0.05) is 18.2 Å². The van der Waals surface area contributed by atoms with Crippen LogP contribution in [0.1, 0.15) is 5.56 Å². The number of methoxy groups -OCH3 is 1. The average Bonchev–Trinajstić information content (AvgIpc) is 2.80. The molecule has 0 atom stereocenters. The molecule has 0 aliphatic rings. The number of rotatable bonds is 3. The topological polar surface area (TPSA) is 49.9 Å². The summed E-state index contributed by atoms with van der Waals surface area (Å²) >= 11 is 0. The Kier molecular flexibility index (Phi) is 2.83. The first-order valence-corrected chi connectivity index (χ1v) is 6.12. The predicted octanol–water partition coefficient (Wildman–Crippen LogP) is 3.62. The molecule has 3 aromatic rings. The summed E-state index contributed by atoms with van der Waals surface area (Å²) in [6.45, 7) is 2.06. The maximum atomic E-state index is 5.31. The molecule has 0 aliphatic heterocycles. The second-order valence-electron chi connectivity index (χ2n) is 4.43. The van der Waals surface area contributed by atoms with Crippen LogP contribution in [0.3, 0.4) is 0 Å². The lowest BCUT2D eigenvalue weighted by Gasteiger charge is -2.07. The Balaban J connectivity index is 1.96. The summed E-state index contributed by atoms with van der Waals surface area (Å²) in [6.07, 6.45) is 0. The summed E-state index contributed by atoms with van der Waals surface area (Å²) in [6, 6.07) is 13.9. The highest BCUT2D eigenvalue weighted by Gasteiger charge is 2.06. The van der Waals surface area contributed by atoms with Gasteiger partial charge in [0, 0.05) is 0 Å². The van der Waals surface area contributed by atoms with Gasteiger partial charge >= 0.3 is 0 Å². The summed E-state index contributed by atoms with van der Waals surface area (Å²) in [5.74, 6) is 1.50. The molecule has 0 spiro atoms. The van der Waals surface area contributed by atoms with Crippen LogP contribution in [0.2, 0.25) is 0 Å². The van der Waals surface area contributed by atoms with E-state index in [0.717, 1.165) is 22.5 Å². The number of aromatic amines is 1. The Hall–Kier alpha value is -2.49. The van der Waals surface area contributed by atoms with E-state index in [-0.39, 0.29) is 0 Å². The molecule has 2 aromatic carbocycles. The second kappa shape index (κ2) is 4.65. The molecule has 2 N–H and O–H groups in total. The summed E-state index contributed by atoms with van der Waals surface area (Å²) < 4.78 is 5.31. The first kappa shape index (κ1) is 11.6. The Labute approximate surface area is 111 Å². The average molecular weight is 253 g/mol. The van der Waals surface area contributed by atoms with Crippen molar-refractivity contribution in [2.45, 2.75) is 6.92 Å². The van der Waals surface area contributed by atoms with Crippen LogP contribution in [0.5, 0.6) is 5.75 Å². The zero-order chi connectivity index (χ0) is 13.2. The lowest BCUT2D eigenvalue weighted by atomic mass is 10.2. The molecule has 0 amide bonds. The van der Waals surface area contributed by atoms with Gasteiger partial charge in [-0.2, -0.15) is 0 Å². The van der Waals surface area contributed by atoms with Crippen LogP contribution in [-0.4, -0.2) is 17.1 Å². The van der Waals surface area contributed by atoms with E-state index in [1.807, 2.05) is 30.3 Å². The Morgan fingerprint density at radius 2 is 2.00 bits per heavy atom. The van der Waals surface area contributed by atoms with Crippen molar-refractivity contribution in [1.29, 1.82) is 0 Å². The van der Waals surface area contributed by atoms with Crippen molar-refractivity contribution in [3.05, 3.63) is 48.0 Å². The van der Waals surface area contributed by atoms with Gasteiger partial charge in [0.25, 0.3) is 0 Å². The molecule has 1 heterocycles. The van der Waals surface area contributed by atoms with Crippen LogP contribution in [0, 0.1) is 6.92 Å². The molecule has 96 valence electrons. The van der Waals surface area contributed by atoms with Crippen molar-refractivity contribution in [2.75, 3.05) is 12.4 Å². The standard InChI is InChI=1S/C15H15N3O/c1-10-7-8-11-13(9-10)18-15(16-11)17-12-5-3-4-6-14(12)19-2/h3-9H,1-2H3,(H2,16,17,18). The number of anilines is 2. The number of hydrogen-bond donors (Lipinski definition) is 2. The van der Waals surface area contributed by atoms with Crippen LogP contribution < -0.4 is 10.1 Å². The molecule has 0 fully saturated rings. The number of aryl methyl sites for hydroxylation is 1. The molecule has 4 heteroatoms. The highest BCUT2D eigenvalue weighted by atomic mass is 16.5. The first-order chi connectivity index (χ1) is 9.26. The van der Waals surface area contributed by atoms with Gasteiger partial charge in [-0.25, -0.2) is 4.98 Å². The monoisotopic (exact) mass is 253 g/mol. The number of nitrogens with one attached hydrogen (secondary N) is 2. The molecule has 0 saturated heterocycles. The third-order valence-electron chi connectivity index (χ3n) is 3.00. The van der Waals surface area contributed by atoms with Gasteiger partial charge in [-0.15, -0.1) is 0 Å². The van der Waals surface area contributed by atoms with E-state index in [2.05, 4.69) is 34.3 Å². The smallest absolute Gasteiger partial charge is 0.205 e. The van der Waals surface area contributed by atoms with Gasteiger partial charge in [0.15, 0.2) is 0 Å². The fourth-order valence-corrected chi connectivity index (χ4v) is 2.06. The minimum absolute atomic E-state index is 0.713. The van der Waals surface area contributed by atoms with Crippen molar-refractivity contribution in [2.24, 2.45) is 0 Å². The Bertz CT molecular complexity index is 718. The van der Waals surface area contributed by atoms with Gasteiger partial charge < -0.3 is 15.0 Å². The lowest BCUT2D eigenvalue weighted by Crippen LogP contribution is -1.95. The quantitative estimate of drug-likeness (QED) is 0.749. The highest BCUT2D eigenvalue weighted by Crippen LogP contribution is 2.26. The molecule has 0 aliphatic carbocycles. The number of benzene rings is 2. The van der Waals surface area contributed by atoms with Gasteiger partial charge in [0.2, 0.25) is 5.95 Å². The molecular formula is C15H15N3O. The van der Waals surface area contributed by atoms with Gasteiger partial charge in [-0.05, 0) is 36.8 Å². The van der Waals surface area contributed by atoms with Crippen molar-refractivity contribution in [3.8, 4) is 5.75 Å². The first-order valence-electron chi connectivity index (χ1n) is 6.12. The van der Waals surface area contributed by atoms with E-state index in [0.29, 0.717) is 5.95 Å². The fourth-order valence-electron chi connectivity index (χ4n) is 2.06. The minimum Gasteiger partial charge on any atom is -0.495 e. The normalized spacial score (nSPS) is 10.6. The van der Waals surface area contributed by atoms with Gasteiger partial charge in [-0.3, -0.25) is 0 Å². The lowest BCUT2D eigenvalue weighted by molar-refractivity contribution is 0.417. The molecule has 0 unspecified atom stereocenters. The molecule has 4 nitrogen and oxygen atoms in total. The number of H-pyrrole nitrogens is 1. The van der Waals surface area contributed by atoms with Gasteiger partial charge in [0.1, 0.15) is 5.75 Å². The van der Waals surface area contributed by atoms with Crippen molar-refractivity contribution in [1.82, 2.24) is 9.97 Å². The highest BCUT2D eigenvalue weighted by molar-refractivity contribution is 5.79. The summed E-state index contributed by atoms with van der Waals surface area (Å²) in [5.41, 5.74) is 4.07. The van der Waals surface area contributed by atoms with E-state index in [4.69, 9.17) is 4.74 Å². The van der Waals surface area contributed by atoms with E-state index in [1.54, 1.807) is 7.11 Å². The predicted molar refractivity (Wildman–Crippen MR) is 77.1 cm³/mol. The van der Waals surface area contributed by atoms with Gasteiger partial charge in [0.05, 0.1) is 23.8 Å². The zero-order valence-corrected chi connectivity index (χ0v) is 10.9. The van der Waals surface area contributed by atoms with Crippen molar-refractivity contribution < 1.29 is 4.74 Å². The van der Waals surface area contributed by atoms with Crippen LogP contribution >= 0.6 is 0 Å². The minimum atomic E-state index is 0.713.